The van der Waals surface area contributed by atoms with Gasteiger partial charge in [-0.05, 0) is 24.3 Å². The van der Waals surface area contributed by atoms with Crippen molar-refractivity contribution in [1.29, 1.82) is 0 Å². The van der Waals surface area contributed by atoms with Crippen molar-refractivity contribution in [2.24, 2.45) is 0 Å². The zero-order valence-corrected chi connectivity index (χ0v) is 14.8. The molecule has 8 heteroatoms. The molecule has 0 aromatic carbocycles. The molecule has 0 saturated carbocycles. The average Bonchev–Trinajstić information content (AvgIpc) is 2.99. The number of halogens is 1. The van der Waals surface area contributed by atoms with Crippen LogP contribution >= 0.6 is 11.3 Å². The van der Waals surface area contributed by atoms with Gasteiger partial charge in [0.25, 0.3) is 0 Å². The fourth-order valence-electron chi connectivity index (χ4n) is 3.23. The van der Waals surface area contributed by atoms with Crippen molar-refractivity contribution < 1.29 is 4.39 Å². The van der Waals surface area contributed by atoms with Crippen LogP contribution in [0.2, 0.25) is 0 Å². The first-order valence-electron chi connectivity index (χ1n) is 8.45. The second-order valence-corrected chi connectivity index (χ2v) is 6.87. The van der Waals surface area contributed by atoms with Crippen LogP contribution < -0.4 is 9.80 Å². The highest BCUT2D eigenvalue weighted by atomic mass is 32.1. The Hall–Kier alpha value is -2.35. The normalized spacial score (nSPS) is 15.6. The summed E-state index contributed by atoms with van der Waals surface area (Å²) >= 11 is 1.62. The Morgan fingerprint density at radius 3 is 2.52 bits per heavy atom. The Labute approximate surface area is 149 Å². The molecule has 25 heavy (non-hydrogen) atoms. The van der Waals surface area contributed by atoms with Gasteiger partial charge in [-0.25, -0.2) is 24.3 Å². The minimum atomic E-state index is -0.291. The zero-order chi connectivity index (χ0) is 17.2. The van der Waals surface area contributed by atoms with E-state index in [4.69, 9.17) is 0 Å². The van der Waals surface area contributed by atoms with Crippen molar-refractivity contribution in [1.82, 2.24) is 19.9 Å². The van der Waals surface area contributed by atoms with Crippen LogP contribution in [0.1, 0.15) is 19.0 Å². The second kappa shape index (κ2) is 6.87. The number of aryl methyl sites for hydroxylation is 1. The molecule has 1 aliphatic rings. The predicted molar refractivity (Wildman–Crippen MR) is 97.8 cm³/mol. The van der Waals surface area contributed by atoms with Crippen LogP contribution in [-0.2, 0) is 6.42 Å². The molecule has 0 spiro atoms. The first-order valence-corrected chi connectivity index (χ1v) is 9.33. The van der Waals surface area contributed by atoms with Gasteiger partial charge in [-0.3, -0.25) is 0 Å². The third kappa shape index (κ3) is 3.02. The third-order valence-electron chi connectivity index (χ3n) is 4.51. The van der Waals surface area contributed by atoms with Crippen molar-refractivity contribution >= 4 is 33.2 Å². The highest BCUT2D eigenvalue weighted by molar-refractivity contribution is 7.16. The van der Waals surface area contributed by atoms with E-state index in [1.54, 1.807) is 17.7 Å². The molecule has 0 atom stereocenters. The maximum atomic E-state index is 14.6. The number of rotatable bonds is 3. The van der Waals surface area contributed by atoms with Crippen LogP contribution in [0, 0.1) is 5.82 Å². The summed E-state index contributed by atoms with van der Waals surface area (Å²) in [4.78, 5) is 22.3. The molecule has 1 aliphatic heterocycles. The van der Waals surface area contributed by atoms with Gasteiger partial charge >= 0.3 is 0 Å². The molecule has 6 nitrogen and oxygen atoms in total. The number of fused-ring (bicyclic) bond motifs is 1. The first kappa shape index (κ1) is 16.1. The van der Waals surface area contributed by atoms with Crippen molar-refractivity contribution in [3.8, 4) is 0 Å². The molecular formula is C17H19FN6S. The lowest BCUT2D eigenvalue weighted by atomic mass is 10.3. The van der Waals surface area contributed by atoms with Crippen molar-refractivity contribution in [2.45, 2.75) is 19.8 Å². The van der Waals surface area contributed by atoms with Gasteiger partial charge in [0.15, 0.2) is 11.6 Å². The molecular weight excluding hydrogens is 339 g/mol. The molecule has 0 radical (unpaired) electrons. The van der Waals surface area contributed by atoms with Crippen LogP contribution in [0.4, 0.5) is 16.0 Å². The second-order valence-electron chi connectivity index (χ2n) is 5.98. The van der Waals surface area contributed by atoms with Crippen molar-refractivity contribution in [2.75, 3.05) is 36.0 Å². The van der Waals surface area contributed by atoms with Gasteiger partial charge in [-0.2, -0.15) is 0 Å². The molecule has 3 aromatic rings. The Balaban J connectivity index is 1.58. The smallest absolute Gasteiger partial charge is 0.187 e. The van der Waals surface area contributed by atoms with E-state index in [-0.39, 0.29) is 5.82 Å². The lowest BCUT2D eigenvalue weighted by molar-refractivity contribution is 0.584. The third-order valence-corrected chi connectivity index (χ3v) is 5.33. The zero-order valence-electron chi connectivity index (χ0n) is 14.0. The summed E-state index contributed by atoms with van der Waals surface area (Å²) in [7, 11) is 0. The van der Waals surface area contributed by atoms with Crippen molar-refractivity contribution in [3.05, 3.63) is 35.6 Å². The fourth-order valence-corrected chi connectivity index (χ4v) is 3.96. The molecule has 4 rings (SSSR count). The molecule has 1 saturated heterocycles. The minimum absolute atomic E-state index is 0.291. The van der Waals surface area contributed by atoms with Gasteiger partial charge in [-0.15, -0.1) is 11.3 Å². The van der Waals surface area contributed by atoms with Crippen LogP contribution in [-0.4, -0.2) is 46.1 Å². The number of anilines is 2. The van der Waals surface area contributed by atoms with Gasteiger partial charge in [0.05, 0.1) is 11.1 Å². The quantitative estimate of drug-likeness (QED) is 0.718. The van der Waals surface area contributed by atoms with Crippen LogP contribution in [0.15, 0.2) is 24.1 Å². The fraction of sp³-hybridized carbons (Fsp3) is 0.412. The SMILES string of the molecule is CCc1ncnc(N2CCCN(c3ncnc4sccc34)CC2)c1F. The standard InChI is InChI=1S/C17H19FN6S/c1-2-13-14(18)16(21-10-19-13)24-6-3-5-23(7-8-24)15-12-4-9-25-17(12)22-11-20-15/h4,9-11H,2-3,5-8H2,1H3. The Morgan fingerprint density at radius 2 is 1.72 bits per heavy atom. The molecule has 0 bridgehead atoms. The summed E-state index contributed by atoms with van der Waals surface area (Å²) in [6.07, 6.45) is 4.56. The monoisotopic (exact) mass is 358 g/mol. The van der Waals surface area contributed by atoms with E-state index < -0.39 is 0 Å². The van der Waals surface area contributed by atoms with Gasteiger partial charge in [-0.1, -0.05) is 6.92 Å². The topological polar surface area (TPSA) is 58.0 Å². The van der Waals surface area contributed by atoms with E-state index in [0.717, 1.165) is 42.1 Å². The molecule has 1 fully saturated rings. The van der Waals surface area contributed by atoms with E-state index in [2.05, 4.69) is 30.9 Å². The van der Waals surface area contributed by atoms with Crippen LogP contribution in [0.3, 0.4) is 0 Å². The Morgan fingerprint density at radius 1 is 1.00 bits per heavy atom. The summed E-state index contributed by atoms with van der Waals surface area (Å²) in [5, 5.41) is 3.12. The maximum Gasteiger partial charge on any atom is 0.187 e. The minimum Gasteiger partial charge on any atom is -0.354 e. The molecule has 0 N–H and O–H groups in total. The summed E-state index contributed by atoms with van der Waals surface area (Å²) in [5.74, 6) is 1.09. The van der Waals surface area contributed by atoms with E-state index in [0.29, 0.717) is 24.5 Å². The Kier molecular flexibility index (Phi) is 4.44. The molecule has 3 aromatic heterocycles. The van der Waals surface area contributed by atoms with Gasteiger partial charge in [0, 0.05) is 26.2 Å². The van der Waals surface area contributed by atoms with E-state index in [1.807, 2.05) is 17.2 Å². The molecule has 0 amide bonds. The predicted octanol–water partition coefficient (Wildman–Crippen LogP) is 2.90. The summed E-state index contributed by atoms with van der Waals surface area (Å²) in [6.45, 7) is 5.03. The largest absolute Gasteiger partial charge is 0.354 e. The maximum absolute atomic E-state index is 14.6. The number of nitrogens with zero attached hydrogens (tertiary/aromatic N) is 6. The van der Waals surface area contributed by atoms with E-state index in [1.165, 1.54) is 6.33 Å². The summed E-state index contributed by atoms with van der Waals surface area (Å²) < 4.78 is 14.6. The van der Waals surface area contributed by atoms with E-state index >= 15 is 0 Å². The first-order chi connectivity index (χ1) is 12.3. The number of thiophene rings is 1. The van der Waals surface area contributed by atoms with Crippen LogP contribution in [0.25, 0.3) is 10.2 Å². The lowest BCUT2D eigenvalue weighted by Crippen LogP contribution is -2.32. The number of aromatic nitrogens is 4. The number of hydrogen-bond donors (Lipinski definition) is 0. The lowest BCUT2D eigenvalue weighted by Gasteiger charge is -2.24. The molecule has 4 heterocycles. The van der Waals surface area contributed by atoms with Crippen LogP contribution in [0.5, 0.6) is 0 Å². The van der Waals surface area contributed by atoms with Crippen molar-refractivity contribution in [3.63, 3.8) is 0 Å². The average molecular weight is 358 g/mol. The Bertz CT molecular complexity index is 882. The van der Waals surface area contributed by atoms with E-state index in [9.17, 15) is 4.39 Å². The summed E-state index contributed by atoms with van der Waals surface area (Å²) in [5.41, 5.74) is 0.474. The van der Waals surface area contributed by atoms with Gasteiger partial charge in [0.2, 0.25) is 0 Å². The molecule has 0 aliphatic carbocycles. The van der Waals surface area contributed by atoms with Gasteiger partial charge in [0.1, 0.15) is 23.3 Å². The summed E-state index contributed by atoms with van der Waals surface area (Å²) in [6, 6.07) is 2.07. The molecule has 0 unspecified atom stereocenters. The van der Waals surface area contributed by atoms with Gasteiger partial charge < -0.3 is 9.80 Å². The number of hydrogen-bond acceptors (Lipinski definition) is 7. The molecule has 130 valence electrons. The highest BCUT2D eigenvalue weighted by Crippen LogP contribution is 2.28. The highest BCUT2D eigenvalue weighted by Gasteiger charge is 2.22.